The summed E-state index contributed by atoms with van der Waals surface area (Å²) in [6.07, 6.45) is 4.20. The maximum atomic E-state index is 2.62. The van der Waals surface area contributed by atoms with Crippen molar-refractivity contribution in [3.05, 3.63) is 0 Å². The van der Waals surface area contributed by atoms with Gasteiger partial charge in [-0.3, -0.25) is 0 Å². The Bertz CT molecular complexity index is 373. The van der Waals surface area contributed by atoms with Gasteiger partial charge in [0.2, 0.25) is 0 Å². The minimum atomic E-state index is 0.494. The van der Waals surface area contributed by atoms with Gasteiger partial charge in [-0.05, 0) is 82.7 Å². The van der Waals surface area contributed by atoms with Crippen LogP contribution in [0.1, 0.15) is 88.5 Å². The Morgan fingerprint density at radius 3 is 1.36 bits per heavy atom. The molecule has 2 heteroatoms. The Kier molecular flexibility index (Phi) is 8.47. The van der Waals surface area contributed by atoms with Crippen LogP contribution in [-0.2, 0) is 0 Å². The molecule has 150 valence electrons. The molecule has 2 nitrogen and oxygen atoms in total. The number of piperidine rings is 1. The zero-order chi connectivity index (χ0) is 19.4. The van der Waals surface area contributed by atoms with Crippen molar-refractivity contribution in [2.45, 2.75) is 101 Å². The maximum Gasteiger partial charge on any atom is 0.00387 e. The van der Waals surface area contributed by atoms with Crippen molar-refractivity contribution in [2.75, 3.05) is 26.2 Å². The predicted molar refractivity (Wildman–Crippen MR) is 113 cm³/mol. The van der Waals surface area contributed by atoms with Gasteiger partial charge in [-0.25, -0.2) is 0 Å². The van der Waals surface area contributed by atoms with E-state index in [0.717, 1.165) is 23.9 Å². The molecule has 0 spiro atoms. The highest BCUT2D eigenvalue weighted by Crippen LogP contribution is 2.34. The number of hydrogen-bond donors (Lipinski definition) is 0. The summed E-state index contributed by atoms with van der Waals surface area (Å²) in [5.74, 6) is 1.79. The summed E-state index contributed by atoms with van der Waals surface area (Å²) in [7, 11) is 0. The van der Waals surface area contributed by atoms with E-state index in [9.17, 15) is 0 Å². The molecule has 2 rings (SSSR count). The lowest BCUT2D eigenvalue weighted by Gasteiger charge is -2.41. The molecule has 2 atom stereocenters. The molecule has 25 heavy (non-hydrogen) atoms. The summed E-state index contributed by atoms with van der Waals surface area (Å²) in [4.78, 5) is 5.22. The summed E-state index contributed by atoms with van der Waals surface area (Å²) in [6.45, 7) is 28.7. The van der Waals surface area contributed by atoms with Gasteiger partial charge < -0.3 is 9.80 Å². The molecule has 2 aliphatic heterocycles. The number of hydrogen-bond acceptors (Lipinski definition) is 2. The van der Waals surface area contributed by atoms with Gasteiger partial charge in [-0.15, -0.1) is 0 Å². The Balaban J connectivity index is 0.000000251. The van der Waals surface area contributed by atoms with E-state index in [1.165, 1.54) is 45.4 Å². The normalized spacial score (nSPS) is 26.9. The van der Waals surface area contributed by atoms with E-state index >= 15 is 0 Å². The van der Waals surface area contributed by atoms with Crippen LogP contribution in [0.4, 0.5) is 0 Å². The zero-order valence-corrected chi connectivity index (χ0v) is 19.2. The van der Waals surface area contributed by atoms with E-state index in [1.54, 1.807) is 0 Å². The van der Waals surface area contributed by atoms with Crippen LogP contribution in [0, 0.1) is 22.7 Å². The quantitative estimate of drug-likeness (QED) is 0.609. The van der Waals surface area contributed by atoms with Gasteiger partial charge in [0.25, 0.3) is 0 Å². The van der Waals surface area contributed by atoms with Crippen LogP contribution >= 0.6 is 0 Å². The molecule has 0 bridgehead atoms. The van der Waals surface area contributed by atoms with Crippen molar-refractivity contribution in [3.8, 4) is 0 Å². The fraction of sp³-hybridized carbons (Fsp3) is 1.00. The SMILES string of the molecule is CC(C)N1CCC(C(C)(C)C)C1.CC(C)N1CCCC(C(C)(C)C)C1. The first-order valence-electron chi connectivity index (χ1n) is 10.8. The van der Waals surface area contributed by atoms with Crippen LogP contribution in [0.5, 0.6) is 0 Å². The number of likely N-dealkylation sites (tertiary alicyclic amines) is 2. The second-order valence-electron chi connectivity index (χ2n) is 11.2. The topological polar surface area (TPSA) is 6.48 Å². The summed E-state index contributed by atoms with van der Waals surface area (Å²) >= 11 is 0. The van der Waals surface area contributed by atoms with Crippen LogP contribution in [0.15, 0.2) is 0 Å². The third-order valence-electron chi connectivity index (χ3n) is 6.58. The molecule has 0 aromatic carbocycles. The van der Waals surface area contributed by atoms with Crippen LogP contribution in [0.2, 0.25) is 0 Å². The molecule has 0 amide bonds. The highest BCUT2D eigenvalue weighted by atomic mass is 15.2. The molecule has 0 aromatic heterocycles. The Morgan fingerprint density at radius 2 is 1.04 bits per heavy atom. The van der Waals surface area contributed by atoms with E-state index in [2.05, 4.69) is 79.0 Å². The van der Waals surface area contributed by atoms with Crippen LogP contribution in [0.25, 0.3) is 0 Å². The van der Waals surface area contributed by atoms with Crippen molar-refractivity contribution in [3.63, 3.8) is 0 Å². The van der Waals surface area contributed by atoms with Crippen molar-refractivity contribution >= 4 is 0 Å². The average Bonchev–Trinajstić information content (AvgIpc) is 2.97. The van der Waals surface area contributed by atoms with E-state index < -0.39 is 0 Å². The summed E-state index contributed by atoms with van der Waals surface area (Å²) in [5, 5.41) is 0. The predicted octanol–water partition coefficient (Wildman–Crippen LogP) is 5.92. The molecule has 0 radical (unpaired) electrons. The lowest BCUT2D eigenvalue weighted by molar-refractivity contribution is 0.0787. The molecule has 2 heterocycles. The smallest absolute Gasteiger partial charge is 0.00387 e. The average molecular weight is 353 g/mol. The van der Waals surface area contributed by atoms with Gasteiger partial charge in [-0.1, -0.05) is 41.5 Å². The molecule has 2 saturated heterocycles. The van der Waals surface area contributed by atoms with Gasteiger partial charge in [0.05, 0.1) is 0 Å². The van der Waals surface area contributed by atoms with Crippen LogP contribution in [0.3, 0.4) is 0 Å². The largest absolute Gasteiger partial charge is 0.301 e. The second-order valence-corrected chi connectivity index (χ2v) is 11.2. The van der Waals surface area contributed by atoms with Gasteiger partial charge in [0.15, 0.2) is 0 Å². The Morgan fingerprint density at radius 1 is 0.640 bits per heavy atom. The first-order valence-corrected chi connectivity index (χ1v) is 10.8. The Hall–Kier alpha value is -0.0800. The van der Waals surface area contributed by atoms with Gasteiger partial charge in [-0.2, -0.15) is 0 Å². The molecule has 2 aliphatic rings. The molecule has 2 fully saturated rings. The first-order chi connectivity index (χ1) is 11.3. The van der Waals surface area contributed by atoms with E-state index in [-0.39, 0.29) is 0 Å². The third kappa shape index (κ3) is 7.59. The standard InChI is InChI=1S/C12H25N.C11H23N/c1-10(2)13-8-6-7-11(9-13)12(3,4)5;1-9(2)12-7-6-10(8-12)11(3,4)5/h10-11H,6-9H2,1-5H3;9-10H,6-8H2,1-5H3. The van der Waals surface area contributed by atoms with Crippen LogP contribution < -0.4 is 0 Å². The van der Waals surface area contributed by atoms with Crippen molar-refractivity contribution < 1.29 is 0 Å². The summed E-state index contributed by atoms with van der Waals surface area (Å²) in [5.41, 5.74) is 0.997. The molecule has 0 aliphatic carbocycles. The van der Waals surface area contributed by atoms with Crippen LogP contribution in [-0.4, -0.2) is 48.1 Å². The second kappa shape index (κ2) is 9.22. The fourth-order valence-electron chi connectivity index (χ4n) is 4.15. The summed E-state index contributed by atoms with van der Waals surface area (Å²) < 4.78 is 0. The molecule has 2 unspecified atom stereocenters. The van der Waals surface area contributed by atoms with E-state index in [4.69, 9.17) is 0 Å². The summed E-state index contributed by atoms with van der Waals surface area (Å²) in [6, 6.07) is 1.46. The van der Waals surface area contributed by atoms with Crippen molar-refractivity contribution in [2.24, 2.45) is 22.7 Å². The first kappa shape index (κ1) is 23.0. The Labute approximate surface area is 159 Å². The lowest BCUT2D eigenvalue weighted by Crippen LogP contribution is -2.43. The lowest BCUT2D eigenvalue weighted by atomic mass is 9.76. The maximum absolute atomic E-state index is 2.62. The molecular formula is C23H48N2. The van der Waals surface area contributed by atoms with Gasteiger partial charge >= 0.3 is 0 Å². The zero-order valence-electron chi connectivity index (χ0n) is 19.2. The molecule has 0 aromatic rings. The molecule has 0 N–H and O–H groups in total. The number of nitrogens with zero attached hydrogens (tertiary/aromatic N) is 2. The van der Waals surface area contributed by atoms with Gasteiger partial charge in [0.1, 0.15) is 0 Å². The number of rotatable bonds is 2. The minimum Gasteiger partial charge on any atom is -0.301 e. The highest BCUT2D eigenvalue weighted by Gasteiger charge is 2.32. The monoisotopic (exact) mass is 352 g/mol. The van der Waals surface area contributed by atoms with E-state index in [0.29, 0.717) is 10.8 Å². The minimum absolute atomic E-state index is 0.494. The van der Waals surface area contributed by atoms with E-state index in [1.807, 2.05) is 0 Å². The molecular weight excluding hydrogens is 304 g/mol. The third-order valence-corrected chi connectivity index (χ3v) is 6.58. The fourth-order valence-corrected chi connectivity index (χ4v) is 4.15. The van der Waals surface area contributed by atoms with Crippen molar-refractivity contribution in [1.82, 2.24) is 9.80 Å². The van der Waals surface area contributed by atoms with Gasteiger partial charge in [0, 0.05) is 25.2 Å². The highest BCUT2D eigenvalue weighted by molar-refractivity contribution is 4.85. The van der Waals surface area contributed by atoms with Crippen molar-refractivity contribution in [1.29, 1.82) is 0 Å². The molecule has 0 saturated carbocycles.